The van der Waals surface area contributed by atoms with E-state index in [9.17, 15) is 0 Å². The number of unbranched alkanes of at least 4 members (excludes halogenated alkanes) is 1. The van der Waals surface area contributed by atoms with Gasteiger partial charge in [-0.2, -0.15) is 0 Å². The molecule has 60 valence electrons. The highest BCUT2D eigenvalue weighted by atomic mass is 35.5. The van der Waals surface area contributed by atoms with Gasteiger partial charge in [0.1, 0.15) is 5.56 Å². The first-order valence-electron chi connectivity index (χ1n) is 2.97. The fraction of sp³-hybridized carbons (Fsp3) is 1.00. The molecule has 0 aromatic heterocycles. The van der Waals surface area contributed by atoms with Crippen LogP contribution in [-0.4, -0.2) is 10.7 Å². The highest BCUT2D eigenvalue weighted by Gasteiger charge is 1.72. The lowest BCUT2D eigenvalue weighted by Gasteiger charge is -1.77. The van der Waals surface area contributed by atoms with E-state index in [4.69, 9.17) is 16.7 Å². The Morgan fingerprint density at radius 3 is 1.44 bits per heavy atom. The molecule has 0 bridgehead atoms. The second-order valence-electron chi connectivity index (χ2n) is 1.57. The summed E-state index contributed by atoms with van der Waals surface area (Å²) in [6, 6.07) is 0. The Labute approximate surface area is 62.8 Å². The molecule has 0 aliphatic carbocycles. The average Bonchev–Trinajstić information content (AvgIpc) is 1.65. The van der Waals surface area contributed by atoms with Gasteiger partial charge < -0.3 is 11.3 Å². The lowest BCUT2D eigenvalue weighted by atomic mass is 10.4. The number of halogens is 1. The van der Waals surface area contributed by atoms with Crippen LogP contribution in [0.2, 0.25) is 0 Å². The molecule has 0 saturated heterocycles. The molecular weight excluding hydrogens is 138 g/mol. The van der Waals surface area contributed by atoms with Crippen LogP contribution in [0, 0.1) is 0 Å². The van der Waals surface area contributed by atoms with Gasteiger partial charge in [-0.05, 0) is 6.92 Å². The minimum Gasteiger partial charge on any atom is -0.378 e. The van der Waals surface area contributed by atoms with Crippen molar-refractivity contribution in [1.29, 1.82) is 0 Å². The first-order chi connectivity index (χ1) is 3.65. The van der Waals surface area contributed by atoms with E-state index in [0.29, 0.717) is 0 Å². The molecule has 0 aromatic rings. The Morgan fingerprint density at radius 2 is 1.44 bits per heavy atom. The zero-order chi connectivity index (χ0) is 6.99. The molecule has 4 N–H and O–H groups in total. The van der Waals surface area contributed by atoms with Crippen LogP contribution in [0.4, 0.5) is 0 Å². The van der Waals surface area contributed by atoms with E-state index in [0.717, 1.165) is 0 Å². The van der Waals surface area contributed by atoms with Crippen LogP contribution in [0.5, 0.6) is 0 Å². The first kappa shape index (κ1) is 16.1. The number of aliphatic hydroxyl groups is 1. The van der Waals surface area contributed by atoms with Crippen LogP contribution in [0.25, 0.3) is 0 Å². The minimum atomic E-state index is -0.694. The fourth-order valence-corrected chi connectivity index (χ4v) is 0. The molecule has 0 rings (SSSR count). The second kappa shape index (κ2) is 15.7. The fourth-order valence-electron chi connectivity index (χ4n) is 0. The number of alkyl halides is 1. The third-order valence-electron chi connectivity index (χ3n) is 0.500. The Morgan fingerprint density at radius 1 is 1.33 bits per heavy atom. The zero-order valence-electron chi connectivity index (χ0n) is 6.52. The first-order valence-corrected chi connectivity index (χ1v) is 3.40. The van der Waals surface area contributed by atoms with E-state index in [1.165, 1.54) is 19.8 Å². The Kier molecular flexibility index (Phi) is 28.1. The Hall–Kier alpha value is 0.210. The van der Waals surface area contributed by atoms with Crippen molar-refractivity contribution in [1.82, 2.24) is 6.15 Å². The smallest absolute Gasteiger partial charge is 0.125 e. The van der Waals surface area contributed by atoms with Crippen molar-refractivity contribution in [2.24, 2.45) is 0 Å². The molecule has 1 unspecified atom stereocenters. The molecule has 0 spiro atoms. The van der Waals surface area contributed by atoms with Gasteiger partial charge in [0.15, 0.2) is 0 Å². The van der Waals surface area contributed by atoms with Gasteiger partial charge in [-0.25, -0.2) is 0 Å². The van der Waals surface area contributed by atoms with Crippen molar-refractivity contribution in [3.05, 3.63) is 0 Å². The van der Waals surface area contributed by atoms with Gasteiger partial charge in [0.05, 0.1) is 0 Å². The molecule has 0 heterocycles. The van der Waals surface area contributed by atoms with E-state index in [-0.39, 0.29) is 6.15 Å². The third-order valence-corrected chi connectivity index (χ3v) is 0.500. The molecule has 2 nitrogen and oxygen atoms in total. The minimum absolute atomic E-state index is 0. The van der Waals surface area contributed by atoms with Crippen molar-refractivity contribution in [2.75, 3.05) is 0 Å². The molecule has 0 aliphatic rings. The maximum Gasteiger partial charge on any atom is 0.125 e. The molecule has 3 heteroatoms. The second-order valence-corrected chi connectivity index (χ2v) is 2.21. The highest BCUT2D eigenvalue weighted by molar-refractivity contribution is 6.19. The average molecular weight is 156 g/mol. The van der Waals surface area contributed by atoms with E-state index in [2.05, 4.69) is 13.8 Å². The predicted octanol–water partition coefficient (Wildman–Crippen LogP) is 2.53. The molecule has 0 saturated carbocycles. The maximum absolute atomic E-state index is 7.82. The van der Waals surface area contributed by atoms with Crippen LogP contribution in [0.1, 0.15) is 33.6 Å². The summed E-state index contributed by atoms with van der Waals surface area (Å²) < 4.78 is 0. The van der Waals surface area contributed by atoms with Gasteiger partial charge in [-0.3, -0.25) is 0 Å². The van der Waals surface area contributed by atoms with Gasteiger partial charge in [0, 0.05) is 0 Å². The highest BCUT2D eigenvalue weighted by Crippen LogP contribution is 1.79. The molecule has 1 atom stereocenters. The summed E-state index contributed by atoms with van der Waals surface area (Å²) in [6.07, 6.45) is 2.64. The number of hydrogen-bond donors (Lipinski definition) is 2. The summed E-state index contributed by atoms with van der Waals surface area (Å²) >= 11 is 4.83. The quantitative estimate of drug-likeness (QED) is 0.572. The standard InChI is InChI=1S/C4H10.C2H5ClO.H3N/c1-3-4-2;1-2(3)4;/h3-4H2,1-2H3;2,4H,1H3;1H3. The summed E-state index contributed by atoms with van der Waals surface area (Å²) in [5.41, 5.74) is -0.694. The van der Waals surface area contributed by atoms with Crippen LogP contribution in [0.15, 0.2) is 0 Å². The lowest BCUT2D eigenvalue weighted by Crippen LogP contribution is -1.79. The predicted molar refractivity (Wildman–Crippen MR) is 43.1 cm³/mol. The van der Waals surface area contributed by atoms with Crippen molar-refractivity contribution < 1.29 is 5.11 Å². The van der Waals surface area contributed by atoms with Crippen molar-refractivity contribution >= 4 is 11.6 Å². The van der Waals surface area contributed by atoms with Gasteiger partial charge in [0.2, 0.25) is 0 Å². The summed E-state index contributed by atoms with van der Waals surface area (Å²) in [5, 5.41) is 7.82. The van der Waals surface area contributed by atoms with Crippen LogP contribution >= 0.6 is 11.6 Å². The Bertz CT molecular complexity index is 29.5. The molecule has 0 aliphatic heterocycles. The van der Waals surface area contributed by atoms with Crippen LogP contribution in [-0.2, 0) is 0 Å². The van der Waals surface area contributed by atoms with Gasteiger partial charge in [-0.15, -0.1) is 0 Å². The normalized spacial score (nSPS) is 10.3. The number of rotatable bonds is 1. The Balaban J connectivity index is -0.0000000720. The van der Waals surface area contributed by atoms with Crippen LogP contribution in [0.3, 0.4) is 0 Å². The maximum atomic E-state index is 7.82. The monoisotopic (exact) mass is 155 g/mol. The lowest BCUT2D eigenvalue weighted by molar-refractivity contribution is 0.277. The summed E-state index contributed by atoms with van der Waals surface area (Å²) in [5.74, 6) is 0. The van der Waals surface area contributed by atoms with E-state index >= 15 is 0 Å². The zero-order valence-corrected chi connectivity index (χ0v) is 7.28. The summed E-state index contributed by atoms with van der Waals surface area (Å²) in [6.45, 7) is 5.85. The molecule has 0 radical (unpaired) electrons. The van der Waals surface area contributed by atoms with E-state index in [1.807, 2.05) is 0 Å². The van der Waals surface area contributed by atoms with E-state index in [1.54, 1.807) is 0 Å². The molecule has 0 fully saturated rings. The topological polar surface area (TPSA) is 55.2 Å². The third kappa shape index (κ3) is 216. The molecule has 9 heavy (non-hydrogen) atoms. The number of aliphatic hydroxyl groups excluding tert-OH is 1. The summed E-state index contributed by atoms with van der Waals surface area (Å²) in [7, 11) is 0. The molecule has 0 amide bonds. The molecular formula is C6H18ClNO. The van der Waals surface area contributed by atoms with Gasteiger partial charge in [0.25, 0.3) is 0 Å². The van der Waals surface area contributed by atoms with E-state index < -0.39 is 5.56 Å². The van der Waals surface area contributed by atoms with Gasteiger partial charge in [-0.1, -0.05) is 38.3 Å². The van der Waals surface area contributed by atoms with Crippen LogP contribution < -0.4 is 6.15 Å². The van der Waals surface area contributed by atoms with Crippen molar-refractivity contribution in [2.45, 2.75) is 39.2 Å². The summed E-state index contributed by atoms with van der Waals surface area (Å²) in [4.78, 5) is 0. The SMILES string of the molecule is CC(O)Cl.CCCC.N. The van der Waals surface area contributed by atoms with Crippen molar-refractivity contribution in [3.63, 3.8) is 0 Å². The molecule has 0 aromatic carbocycles. The number of hydrogen-bond acceptors (Lipinski definition) is 2. The van der Waals surface area contributed by atoms with Gasteiger partial charge >= 0.3 is 0 Å². The largest absolute Gasteiger partial charge is 0.378 e. The van der Waals surface area contributed by atoms with Crippen molar-refractivity contribution in [3.8, 4) is 0 Å².